The number of nitrogens with one attached hydrogen (secondary N) is 1. The van der Waals surface area contributed by atoms with Crippen LogP contribution in [0.1, 0.15) is 23.2 Å². The highest BCUT2D eigenvalue weighted by atomic mass is 79.9. The molecule has 6 heteroatoms. The molecule has 2 rings (SSSR count). The topological polar surface area (TPSA) is 32.3 Å². The van der Waals surface area contributed by atoms with E-state index in [1.807, 2.05) is 0 Å². The first kappa shape index (κ1) is 16.4. The SMILES string of the molecule is CN(C(=O)c1ccc(Br)cc1F)C1CCNCC1.Cl. The third-order valence-corrected chi connectivity index (χ3v) is 3.83. The van der Waals surface area contributed by atoms with Crippen molar-refractivity contribution in [1.82, 2.24) is 10.2 Å². The fraction of sp³-hybridized carbons (Fsp3) is 0.462. The summed E-state index contributed by atoms with van der Waals surface area (Å²) in [5.41, 5.74) is 0.138. The van der Waals surface area contributed by atoms with Gasteiger partial charge in [0, 0.05) is 17.6 Å². The van der Waals surface area contributed by atoms with E-state index in [0.717, 1.165) is 25.9 Å². The lowest BCUT2D eigenvalue weighted by atomic mass is 10.0. The first-order chi connectivity index (χ1) is 8.59. The third kappa shape index (κ3) is 3.91. The summed E-state index contributed by atoms with van der Waals surface area (Å²) < 4.78 is 14.4. The number of amides is 1. The zero-order valence-corrected chi connectivity index (χ0v) is 13.1. The van der Waals surface area contributed by atoms with Gasteiger partial charge in [-0.2, -0.15) is 0 Å². The summed E-state index contributed by atoms with van der Waals surface area (Å²) in [5.74, 6) is -0.720. The van der Waals surface area contributed by atoms with Gasteiger partial charge in [-0.05, 0) is 44.1 Å². The van der Waals surface area contributed by atoms with Crippen molar-refractivity contribution in [3.63, 3.8) is 0 Å². The van der Waals surface area contributed by atoms with Crippen LogP contribution in [-0.2, 0) is 0 Å². The Morgan fingerprint density at radius 3 is 2.63 bits per heavy atom. The van der Waals surface area contributed by atoms with Crippen LogP contribution in [0.2, 0.25) is 0 Å². The quantitative estimate of drug-likeness (QED) is 0.888. The maximum atomic E-state index is 13.7. The van der Waals surface area contributed by atoms with Crippen molar-refractivity contribution in [3.05, 3.63) is 34.1 Å². The maximum Gasteiger partial charge on any atom is 0.256 e. The zero-order chi connectivity index (χ0) is 13.1. The molecule has 1 aromatic carbocycles. The van der Waals surface area contributed by atoms with E-state index in [1.165, 1.54) is 12.1 Å². The van der Waals surface area contributed by atoms with Crippen LogP contribution in [-0.4, -0.2) is 37.0 Å². The van der Waals surface area contributed by atoms with Gasteiger partial charge in [-0.3, -0.25) is 4.79 Å². The Hall–Kier alpha value is -0.650. The molecule has 1 amide bonds. The Morgan fingerprint density at radius 2 is 2.05 bits per heavy atom. The molecule has 19 heavy (non-hydrogen) atoms. The summed E-state index contributed by atoms with van der Waals surface area (Å²) in [5, 5.41) is 3.25. The predicted molar refractivity (Wildman–Crippen MR) is 79.3 cm³/mol. The van der Waals surface area contributed by atoms with E-state index in [0.29, 0.717) is 4.47 Å². The largest absolute Gasteiger partial charge is 0.339 e. The van der Waals surface area contributed by atoms with Crippen molar-refractivity contribution in [2.75, 3.05) is 20.1 Å². The van der Waals surface area contributed by atoms with Crippen LogP contribution in [0.3, 0.4) is 0 Å². The van der Waals surface area contributed by atoms with Gasteiger partial charge in [0.2, 0.25) is 0 Å². The van der Waals surface area contributed by atoms with Crippen molar-refractivity contribution in [2.24, 2.45) is 0 Å². The standard InChI is InChI=1S/C13H16BrFN2O.ClH/c1-17(10-4-6-16-7-5-10)13(18)11-3-2-9(14)8-12(11)15;/h2-3,8,10,16H,4-7H2,1H3;1H. The normalized spacial score (nSPS) is 15.7. The van der Waals surface area contributed by atoms with Gasteiger partial charge in [0.25, 0.3) is 5.91 Å². The van der Waals surface area contributed by atoms with Gasteiger partial charge in [0.05, 0.1) is 5.56 Å². The number of hydrogen-bond acceptors (Lipinski definition) is 2. The molecule has 0 radical (unpaired) electrons. The molecular weight excluding hydrogens is 335 g/mol. The van der Waals surface area contributed by atoms with Crippen molar-refractivity contribution >= 4 is 34.2 Å². The molecule has 0 atom stereocenters. The van der Waals surface area contributed by atoms with Crippen molar-refractivity contribution in [3.8, 4) is 0 Å². The van der Waals surface area contributed by atoms with Crippen LogP contribution in [0, 0.1) is 5.82 Å². The van der Waals surface area contributed by atoms with E-state index in [-0.39, 0.29) is 29.9 Å². The number of nitrogens with zero attached hydrogens (tertiary/aromatic N) is 1. The third-order valence-electron chi connectivity index (χ3n) is 3.34. The lowest BCUT2D eigenvalue weighted by Crippen LogP contribution is -2.44. The molecule has 0 saturated carbocycles. The van der Waals surface area contributed by atoms with Gasteiger partial charge in [0.15, 0.2) is 0 Å². The number of carbonyl (C=O) groups is 1. The summed E-state index contributed by atoms with van der Waals surface area (Å²) in [6.07, 6.45) is 1.83. The maximum absolute atomic E-state index is 13.7. The Morgan fingerprint density at radius 1 is 1.42 bits per heavy atom. The molecule has 0 aliphatic carbocycles. The monoisotopic (exact) mass is 350 g/mol. The molecule has 1 aromatic rings. The predicted octanol–water partition coefficient (Wildman–Crippen LogP) is 2.83. The number of carbonyl (C=O) groups excluding carboxylic acids is 1. The van der Waals surface area contributed by atoms with E-state index in [1.54, 1.807) is 18.0 Å². The molecule has 1 aliphatic rings. The van der Waals surface area contributed by atoms with Crippen molar-refractivity contribution in [2.45, 2.75) is 18.9 Å². The Bertz CT molecular complexity index is 452. The van der Waals surface area contributed by atoms with Crippen molar-refractivity contribution < 1.29 is 9.18 Å². The Balaban J connectivity index is 0.00000180. The molecular formula is C13H17BrClFN2O. The van der Waals surface area contributed by atoms with Gasteiger partial charge in [-0.25, -0.2) is 4.39 Å². The molecule has 1 aliphatic heterocycles. The molecule has 1 saturated heterocycles. The lowest BCUT2D eigenvalue weighted by molar-refractivity contribution is 0.0698. The second-order valence-corrected chi connectivity index (χ2v) is 5.44. The highest BCUT2D eigenvalue weighted by Crippen LogP contribution is 2.19. The van der Waals surface area contributed by atoms with Crippen LogP contribution in [0.5, 0.6) is 0 Å². The molecule has 1 N–H and O–H groups in total. The van der Waals surface area contributed by atoms with E-state index in [2.05, 4.69) is 21.2 Å². The number of halogens is 3. The lowest BCUT2D eigenvalue weighted by Gasteiger charge is -2.31. The molecule has 0 unspecified atom stereocenters. The highest BCUT2D eigenvalue weighted by Gasteiger charge is 2.24. The Labute approximate surface area is 127 Å². The van der Waals surface area contributed by atoms with Gasteiger partial charge >= 0.3 is 0 Å². The molecule has 0 spiro atoms. The fourth-order valence-electron chi connectivity index (χ4n) is 2.21. The first-order valence-corrected chi connectivity index (χ1v) is 6.82. The summed E-state index contributed by atoms with van der Waals surface area (Å²) in [7, 11) is 1.75. The number of piperidine rings is 1. The molecule has 106 valence electrons. The minimum Gasteiger partial charge on any atom is -0.339 e. The van der Waals surface area contributed by atoms with Crippen LogP contribution in [0.4, 0.5) is 4.39 Å². The summed E-state index contributed by atoms with van der Waals surface area (Å²) in [6, 6.07) is 4.73. The van der Waals surface area contributed by atoms with Crippen LogP contribution in [0.25, 0.3) is 0 Å². The average molecular weight is 352 g/mol. The number of hydrogen-bond donors (Lipinski definition) is 1. The summed E-state index contributed by atoms with van der Waals surface area (Å²) in [6.45, 7) is 1.82. The van der Waals surface area contributed by atoms with Crippen LogP contribution >= 0.6 is 28.3 Å². The van der Waals surface area contributed by atoms with Gasteiger partial charge < -0.3 is 10.2 Å². The second-order valence-electron chi connectivity index (χ2n) is 4.52. The average Bonchev–Trinajstić information content (AvgIpc) is 2.38. The van der Waals surface area contributed by atoms with E-state index < -0.39 is 5.82 Å². The summed E-state index contributed by atoms with van der Waals surface area (Å²) >= 11 is 3.19. The van der Waals surface area contributed by atoms with Crippen LogP contribution < -0.4 is 5.32 Å². The van der Waals surface area contributed by atoms with Gasteiger partial charge in [0.1, 0.15) is 5.82 Å². The second kappa shape index (κ2) is 7.22. The van der Waals surface area contributed by atoms with Crippen molar-refractivity contribution in [1.29, 1.82) is 0 Å². The molecule has 3 nitrogen and oxygen atoms in total. The smallest absolute Gasteiger partial charge is 0.256 e. The molecule has 0 aromatic heterocycles. The Kier molecular flexibility index (Phi) is 6.23. The van der Waals surface area contributed by atoms with E-state index in [9.17, 15) is 9.18 Å². The van der Waals surface area contributed by atoms with E-state index in [4.69, 9.17) is 0 Å². The first-order valence-electron chi connectivity index (χ1n) is 6.02. The fourth-order valence-corrected chi connectivity index (χ4v) is 2.55. The van der Waals surface area contributed by atoms with E-state index >= 15 is 0 Å². The molecule has 0 bridgehead atoms. The van der Waals surface area contributed by atoms with Crippen LogP contribution in [0.15, 0.2) is 22.7 Å². The zero-order valence-electron chi connectivity index (χ0n) is 10.7. The number of benzene rings is 1. The molecule has 1 heterocycles. The van der Waals surface area contributed by atoms with Gasteiger partial charge in [-0.15, -0.1) is 12.4 Å². The molecule has 1 fully saturated rings. The number of rotatable bonds is 2. The highest BCUT2D eigenvalue weighted by molar-refractivity contribution is 9.10. The summed E-state index contributed by atoms with van der Waals surface area (Å²) in [4.78, 5) is 13.9. The minimum absolute atomic E-state index is 0. The minimum atomic E-state index is -0.477. The van der Waals surface area contributed by atoms with Gasteiger partial charge in [-0.1, -0.05) is 15.9 Å².